The van der Waals surface area contributed by atoms with Crippen LogP contribution in [0.5, 0.6) is 0 Å². The number of fused-ring (bicyclic) bond motifs is 1. The minimum Gasteiger partial charge on any atom is -0.382 e. The van der Waals surface area contributed by atoms with Crippen molar-refractivity contribution in [2.24, 2.45) is 0 Å². The molecule has 0 saturated carbocycles. The Labute approximate surface area is 229 Å². The third-order valence-electron chi connectivity index (χ3n) is 6.04. The van der Waals surface area contributed by atoms with E-state index in [9.17, 15) is 24.0 Å². The van der Waals surface area contributed by atoms with Crippen molar-refractivity contribution in [2.45, 2.75) is 25.4 Å². The number of nitrogens with one attached hydrogen (secondary N) is 3. The van der Waals surface area contributed by atoms with Gasteiger partial charge in [-0.05, 0) is 18.6 Å². The molecule has 0 radical (unpaired) electrons. The molecule has 2 aliphatic rings. The summed E-state index contributed by atoms with van der Waals surface area (Å²) in [6.45, 7) is 2.60. The van der Waals surface area contributed by atoms with Gasteiger partial charge in [-0.25, -0.2) is 4.68 Å². The van der Waals surface area contributed by atoms with Crippen LogP contribution in [0, 0.1) is 0 Å². The largest absolute Gasteiger partial charge is 0.382 e. The van der Waals surface area contributed by atoms with Crippen LogP contribution in [0.15, 0.2) is 24.4 Å². The molecule has 15 heteroatoms. The fourth-order valence-electron chi connectivity index (χ4n) is 4.17. The maximum Gasteiger partial charge on any atom is 0.273 e. The molecule has 1 atom stereocenters. The van der Waals surface area contributed by atoms with E-state index in [1.54, 1.807) is 24.4 Å². The Morgan fingerprint density at radius 2 is 1.87 bits per heavy atom. The molecule has 5 amide bonds. The van der Waals surface area contributed by atoms with Gasteiger partial charge in [0.15, 0.2) is 5.69 Å². The van der Waals surface area contributed by atoms with Gasteiger partial charge >= 0.3 is 0 Å². The second-order valence-electron chi connectivity index (χ2n) is 8.67. The maximum atomic E-state index is 13.1. The van der Waals surface area contributed by atoms with Crippen molar-refractivity contribution in [1.29, 1.82) is 0 Å². The molecule has 1 fully saturated rings. The summed E-state index contributed by atoms with van der Waals surface area (Å²) in [5.41, 5.74) is 1.10. The standard InChI is InChI=1S/C24H29N7O7S/c32-19-5-4-18(22(34)27-19)31-23(35)15-2-1-3-16(20(15)24(31)36)25-6-9-37-11-12-38-10-8-30-14-17(28-29-30)21(33)26-7-13-39/h1-3,14,18,25,39H,4-13H2,(H,26,33)(H,27,32,34). The number of carbonyl (C=O) groups is 5. The van der Waals surface area contributed by atoms with Crippen LogP contribution in [0.3, 0.4) is 0 Å². The first-order valence-corrected chi connectivity index (χ1v) is 13.1. The minimum absolute atomic E-state index is 0.0626. The summed E-state index contributed by atoms with van der Waals surface area (Å²) in [4.78, 5) is 62.4. The van der Waals surface area contributed by atoms with E-state index in [-0.39, 0.29) is 35.6 Å². The second-order valence-corrected chi connectivity index (χ2v) is 9.12. The molecule has 1 aromatic carbocycles. The summed E-state index contributed by atoms with van der Waals surface area (Å²) in [7, 11) is 0. The average molecular weight is 560 g/mol. The maximum absolute atomic E-state index is 13.1. The lowest BCUT2D eigenvalue weighted by Gasteiger charge is -2.27. The first-order valence-electron chi connectivity index (χ1n) is 12.4. The number of hydrogen-bond acceptors (Lipinski definition) is 11. The van der Waals surface area contributed by atoms with E-state index in [1.165, 1.54) is 4.68 Å². The molecule has 14 nitrogen and oxygen atoms in total. The zero-order chi connectivity index (χ0) is 27.8. The van der Waals surface area contributed by atoms with Gasteiger partial charge in [-0.1, -0.05) is 11.3 Å². The number of imide groups is 2. The second kappa shape index (κ2) is 13.3. The van der Waals surface area contributed by atoms with Crippen molar-refractivity contribution in [3.63, 3.8) is 0 Å². The number of rotatable bonds is 14. The van der Waals surface area contributed by atoms with E-state index in [2.05, 4.69) is 38.9 Å². The van der Waals surface area contributed by atoms with Crippen molar-refractivity contribution >= 4 is 47.9 Å². The van der Waals surface area contributed by atoms with Crippen LogP contribution in [0.4, 0.5) is 5.69 Å². The molecule has 0 spiro atoms. The average Bonchev–Trinajstić information content (AvgIpc) is 3.50. The Bertz CT molecular complexity index is 1250. The Kier molecular flexibility index (Phi) is 9.62. The molecule has 2 aliphatic heterocycles. The summed E-state index contributed by atoms with van der Waals surface area (Å²) in [6.07, 6.45) is 1.71. The predicted molar refractivity (Wildman–Crippen MR) is 139 cm³/mol. The molecule has 1 aromatic heterocycles. The van der Waals surface area contributed by atoms with E-state index >= 15 is 0 Å². The SMILES string of the molecule is O=C1CCC(N2C(=O)c3cccc(NCCOCCOCCn4cc(C(=O)NCCS)nn4)c3C2=O)C(=O)N1. The van der Waals surface area contributed by atoms with Crippen LogP contribution in [0.1, 0.15) is 44.0 Å². The number of piperidine rings is 1. The van der Waals surface area contributed by atoms with Crippen LogP contribution in [-0.4, -0.2) is 101 Å². The van der Waals surface area contributed by atoms with E-state index < -0.39 is 29.7 Å². The lowest BCUT2D eigenvalue weighted by atomic mass is 10.0. The highest BCUT2D eigenvalue weighted by molar-refractivity contribution is 7.80. The number of hydrogen-bond donors (Lipinski definition) is 4. The first kappa shape index (κ1) is 28.2. The molecule has 1 saturated heterocycles. The highest BCUT2D eigenvalue weighted by Crippen LogP contribution is 2.32. The highest BCUT2D eigenvalue weighted by Gasteiger charge is 2.45. The monoisotopic (exact) mass is 559 g/mol. The van der Waals surface area contributed by atoms with Crippen LogP contribution >= 0.6 is 12.6 Å². The Morgan fingerprint density at radius 1 is 1.08 bits per heavy atom. The molecule has 208 valence electrons. The summed E-state index contributed by atoms with van der Waals surface area (Å²) < 4.78 is 12.6. The van der Waals surface area contributed by atoms with Crippen LogP contribution in [-0.2, 0) is 25.6 Å². The van der Waals surface area contributed by atoms with Crippen molar-refractivity contribution in [2.75, 3.05) is 50.6 Å². The number of carbonyl (C=O) groups excluding carboxylic acids is 5. The van der Waals surface area contributed by atoms with E-state index in [0.717, 1.165) is 4.90 Å². The van der Waals surface area contributed by atoms with E-state index in [0.29, 0.717) is 57.5 Å². The van der Waals surface area contributed by atoms with Gasteiger partial charge in [0, 0.05) is 31.0 Å². The topological polar surface area (TPSA) is 174 Å². The Morgan fingerprint density at radius 3 is 2.64 bits per heavy atom. The van der Waals surface area contributed by atoms with E-state index in [1.807, 2.05) is 0 Å². The van der Waals surface area contributed by atoms with Crippen molar-refractivity contribution in [3.8, 4) is 0 Å². The third-order valence-corrected chi connectivity index (χ3v) is 6.26. The summed E-state index contributed by atoms with van der Waals surface area (Å²) in [5, 5.41) is 15.7. The molecule has 3 N–H and O–H groups in total. The Hall–Kier alpha value is -3.82. The highest BCUT2D eigenvalue weighted by atomic mass is 32.1. The van der Waals surface area contributed by atoms with Gasteiger partial charge in [-0.2, -0.15) is 12.6 Å². The van der Waals surface area contributed by atoms with Crippen molar-refractivity contribution < 1.29 is 33.4 Å². The lowest BCUT2D eigenvalue weighted by Crippen LogP contribution is -2.54. The number of benzene rings is 1. The lowest BCUT2D eigenvalue weighted by molar-refractivity contribution is -0.136. The molecular formula is C24H29N7O7S. The number of thiol groups is 1. The quantitative estimate of drug-likeness (QED) is 0.134. The molecular weight excluding hydrogens is 530 g/mol. The minimum atomic E-state index is -1.01. The van der Waals surface area contributed by atoms with Crippen molar-refractivity contribution in [3.05, 3.63) is 41.2 Å². The number of aromatic nitrogens is 3. The van der Waals surface area contributed by atoms with Gasteiger partial charge in [0.2, 0.25) is 11.8 Å². The predicted octanol–water partition coefficient (Wildman–Crippen LogP) is -0.516. The summed E-state index contributed by atoms with van der Waals surface area (Å²) >= 11 is 4.04. The molecule has 39 heavy (non-hydrogen) atoms. The van der Waals surface area contributed by atoms with E-state index in [4.69, 9.17) is 9.47 Å². The van der Waals surface area contributed by atoms with Gasteiger partial charge in [0.05, 0.1) is 50.3 Å². The fourth-order valence-corrected chi connectivity index (χ4v) is 4.28. The summed E-state index contributed by atoms with van der Waals surface area (Å²) in [6, 6.07) is 3.86. The van der Waals surface area contributed by atoms with Gasteiger partial charge < -0.3 is 20.1 Å². The molecule has 0 bridgehead atoms. The van der Waals surface area contributed by atoms with Gasteiger partial charge in [-0.3, -0.25) is 34.2 Å². The van der Waals surface area contributed by atoms with Gasteiger partial charge in [0.25, 0.3) is 17.7 Å². The summed E-state index contributed by atoms with van der Waals surface area (Å²) in [5.74, 6) is -1.96. The Balaban J connectivity index is 1.15. The van der Waals surface area contributed by atoms with Crippen LogP contribution in [0.25, 0.3) is 0 Å². The molecule has 4 rings (SSSR count). The zero-order valence-electron chi connectivity index (χ0n) is 21.1. The number of nitrogens with zero attached hydrogens (tertiary/aromatic N) is 4. The van der Waals surface area contributed by atoms with Gasteiger partial charge in [-0.15, -0.1) is 5.10 Å². The third kappa shape index (κ3) is 6.79. The smallest absolute Gasteiger partial charge is 0.273 e. The molecule has 0 aliphatic carbocycles. The van der Waals surface area contributed by atoms with Crippen LogP contribution in [0.2, 0.25) is 0 Å². The molecule has 1 unspecified atom stereocenters. The fraction of sp³-hybridized carbons (Fsp3) is 0.458. The first-order chi connectivity index (χ1) is 18.9. The van der Waals surface area contributed by atoms with Gasteiger partial charge in [0.1, 0.15) is 6.04 Å². The number of anilines is 1. The number of ether oxygens (including phenoxy) is 2. The van der Waals surface area contributed by atoms with Crippen LogP contribution < -0.4 is 16.0 Å². The van der Waals surface area contributed by atoms with Crippen molar-refractivity contribution in [1.82, 2.24) is 30.5 Å². The zero-order valence-corrected chi connectivity index (χ0v) is 21.9. The molecule has 2 aromatic rings. The normalized spacial score (nSPS) is 16.8. The number of amides is 5. The molecule has 3 heterocycles.